The van der Waals surface area contributed by atoms with Crippen molar-refractivity contribution in [3.05, 3.63) is 28.9 Å². The minimum Gasteiger partial charge on any atom is -0.382 e. The van der Waals surface area contributed by atoms with E-state index in [2.05, 4.69) is 21.4 Å². The molecule has 9 heteroatoms. The number of fused-ring (bicyclic) bond motifs is 2. The second kappa shape index (κ2) is 7.63. The third-order valence-corrected chi connectivity index (χ3v) is 7.63. The summed E-state index contributed by atoms with van der Waals surface area (Å²) in [6.45, 7) is 2.59. The number of hydrogen-bond acceptors (Lipinski definition) is 7. The third kappa shape index (κ3) is 3.45. The Bertz CT molecular complexity index is 966. The highest BCUT2D eigenvalue weighted by atomic mass is 32.1. The number of carbonyl (C=O) groups excluding carboxylic acids is 2. The number of piperidine rings is 2. The van der Waals surface area contributed by atoms with E-state index < -0.39 is 0 Å². The summed E-state index contributed by atoms with van der Waals surface area (Å²) in [6, 6.07) is 2.18. The maximum atomic E-state index is 12.9. The van der Waals surface area contributed by atoms with Gasteiger partial charge in [-0.3, -0.25) is 9.59 Å². The number of nitrogen functional groups attached to an aromatic ring is 1. The van der Waals surface area contributed by atoms with Crippen molar-refractivity contribution in [3.8, 4) is 10.6 Å². The fourth-order valence-electron chi connectivity index (χ4n) is 4.76. The van der Waals surface area contributed by atoms with Gasteiger partial charge < -0.3 is 20.7 Å². The second-order valence-electron chi connectivity index (χ2n) is 8.23. The molecule has 158 valence electrons. The Balaban J connectivity index is 1.33. The zero-order chi connectivity index (χ0) is 20.7. The third-order valence-electron chi connectivity index (χ3n) is 6.41. The van der Waals surface area contributed by atoms with Crippen LogP contribution in [0.5, 0.6) is 0 Å². The summed E-state index contributed by atoms with van der Waals surface area (Å²) in [6.07, 6.45) is 6.76. The molecule has 0 aliphatic carbocycles. The van der Waals surface area contributed by atoms with Gasteiger partial charge in [0, 0.05) is 43.3 Å². The molecule has 8 nitrogen and oxygen atoms in total. The predicted octanol–water partition coefficient (Wildman–Crippen LogP) is 1.70. The monoisotopic (exact) mass is 427 g/mol. The molecule has 2 amide bonds. The molecule has 5 heterocycles. The van der Waals surface area contributed by atoms with Gasteiger partial charge in [0.25, 0.3) is 0 Å². The summed E-state index contributed by atoms with van der Waals surface area (Å²) >= 11 is 1.74. The number of nitrogens with two attached hydrogens (primary N) is 1. The average molecular weight is 428 g/mol. The molecule has 0 aromatic carbocycles. The van der Waals surface area contributed by atoms with Gasteiger partial charge in [-0.1, -0.05) is 0 Å². The van der Waals surface area contributed by atoms with Crippen LogP contribution in [-0.2, 0) is 26.3 Å². The van der Waals surface area contributed by atoms with Crippen molar-refractivity contribution in [2.75, 3.05) is 32.0 Å². The average Bonchev–Trinajstić information content (AvgIpc) is 3.20. The van der Waals surface area contributed by atoms with Gasteiger partial charge >= 0.3 is 0 Å². The van der Waals surface area contributed by atoms with Gasteiger partial charge in [-0.25, -0.2) is 9.97 Å². The summed E-state index contributed by atoms with van der Waals surface area (Å²) in [5.74, 6) is 0.309. The Morgan fingerprint density at radius 3 is 2.87 bits per heavy atom. The Labute approximate surface area is 178 Å². The Morgan fingerprint density at radius 2 is 2.13 bits per heavy atom. The fraction of sp³-hybridized carbons (Fsp3) is 0.524. The molecule has 3 aliphatic heterocycles. The summed E-state index contributed by atoms with van der Waals surface area (Å²) in [4.78, 5) is 37.5. The first kappa shape index (κ1) is 19.4. The molecule has 2 aromatic heterocycles. The van der Waals surface area contributed by atoms with Crippen LogP contribution in [0.1, 0.15) is 36.1 Å². The zero-order valence-electron chi connectivity index (χ0n) is 16.7. The first-order valence-corrected chi connectivity index (χ1v) is 11.3. The lowest BCUT2D eigenvalue weighted by Crippen LogP contribution is -2.50. The van der Waals surface area contributed by atoms with Crippen LogP contribution >= 0.6 is 11.3 Å². The number of nitrogens with one attached hydrogen (secondary N) is 1. The molecular formula is C21H25N5O3S. The topological polar surface area (TPSA) is 110 Å². The maximum Gasteiger partial charge on any atom is 0.226 e. The minimum absolute atomic E-state index is 0.0232. The van der Waals surface area contributed by atoms with Gasteiger partial charge in [-0.15, -0.1) is 11.3 Å². The first-order chi connectivity index (χ1) is 14.5. The van der Waals surface area contributed by atoms with Crippen molar-refractivity contribution in [3.63, 3.8) is 0 Å². The van der Waals surface area contributed by atoms with E-state index in [1.807, 2.05) is 4.90 Å². The van der Waals surface area contributed by atoms with E-state index in [0.717, 1.165) is 36.3 Å². The summed E-state index contributed by atoms with van der Waals surface area (Å²) in [5.41, 5.74) is 7.38. The van der Waals surface area contributed by atoms with Crippen LogP contribution < -0.4 is 11.1 Å². The lowest BCUT2D eigenvalue weighted by atomic mass is 9.81. The number of aromatic nitrogens is 2. The quantitative estimate of drug-likeness (QED) is 0.755. The fourth-order valence-corrected chi connectivity index (χ4v) is 5.96. The number of likely N-dealkylation sites (tertiary alicyclic amines) is 1. The zero-order valence-corrected chi connectivity index (χ0v) is 17.5. The number of ether oxygens (including phenoxy) is 1. The van der Waals surface area contributed by atoms with E-state index >= 15 is 0 Å². The molecule has 2 saturated heterocycles. The van der Waals surface area contributed by atoms with E-state index in [4.69, 9.17) is 10.5 Å². The highest BCUT2D eigenvalue weighted by Gasteiger charge is 2.43. The molecular weight excluding hydrogens is 402 g/mol. The number of anilines is 1. The van der Waals surface area contributed by atoms with Crippen LogP contribution in [0.2, 0.25) is 0 Å². The van der Waals surface area contributed by atoms with E-state index in [9.17, 15) is 9.59 Å². The summed E-state index contributed by atoms with van der Waals surface area (Å²) < 4.78 is 6.34. The molecule has 30 heavy (non-hydrogen) atoms. The van der Waals surface area contributed by atoms with Gasteiger partial charge in [0.1, 0.15) is 5.82 Å². The Kier molecular flexibility index (Phi) is 4.94. The first-order valence-electron chi connectivity index (χ1n) is 10.4. The molecule has 2 fully saturated rings. The van der Waals surface area contributed by atoms with Crippen LogP contribution in [-0.4, -0.2) is 52.9 Å². The number of rotatable bonds is 2. The molecule has 1 unspecified atom stereocenters. The largest absolute Gasteiger partial charge is 0.382 e. The molecule has 3 N–H and O–H groups in total. The minimum atomic E-state index is -0.343. The molecule has 0 radical (unpaired) electrons. The lowest BCUT2D eigenvalue weighted by Gasteiger charge is -2.44. The van der Waals surface area contributed by atoms with Crippen LogP contribution in [0.15, 0.2) is 18.5 Å². The Hall–Kier alpha value is -2.52. The molecule has 3 aliphatic rings. The van der Waals surface area contributed by atoms with E-state index in [-0.39, 0.29) is 23.3 Å². The highest BCUT2D eigenvalue weighted by molar-refractivity contribution is 7.15. The van der Waals surface area contributed by atoms with Gasteiger partial charge in [0.05, 0.1) is 35.2 Å². The predicted molar refractivity (Wildman–Crippen MR) is 113 cm³/mol. The van der Waals surface area contributed by atoms with Gasteiger partial charge in [-0.2, -0.15) is 0 Å². The van der Waals surface area contributed by atoms with E-state index in [1.54, 1.807) is 23.7 Å². The standard InChI is InChI=1S/C21H25N5O3S/c22-18-12-24-15(11-25-18)17-10-14-16(30-17)2-8-29-21(14)3-6-26(7-4-21)20(28)13-1-5-23-19(27)9-13/h10-13H,1-9H2,(H2,22,25)(H,23,27). The van der Waals surface area contributed by atoms with Crippen LogP contribution in [0.25, 0.3) is 10.6 Å². The van der Waals surface area contributed by atoms with Gasteiger partial charge in [0.15, 0.2) is 0 Å². The summed E-state index contributed by atoms with van der Waals surface area (Å²) in [7, 11) is 0. The highest BCUT2D eigenvalue weighted by Crippen LogP contribution is 2.46. The van der Waals surface area contributed by atoms with Crippen LogP contribution in [0.3, 0.4) is 0 Å². The molecule has 0 saturated carbocycles. The molecule has 0 bridgehead atoms. The number of amides is 2. The van der Waals surface area contributed by atoms with Crippen molar-refractivity contribution in [1.82, 2.24) is 20.2 Å². The van der Waals surface area contributed by atoms with Crippen molar-refractivity contribution in [1.29, 1.82) is 0 Å². The van der Waals surface area contributed by atoms with Gasteiger partial charge in [-0.05, 0) is 30.9 Å². The number of nitrogens with zero attached hydrogens (tertiary/aromatic N) is 3. The molecule has 2 aromatic rings. The van der Waals surface area contributed by atoms with Crippen molar-refractivity contribution < 1.29 is 14.3 Å². The Morgan fingerprint density at radius 1 is 1.30 bits per heavy atom. The van der Waals surface area contributed by atoms with Crippen LogP contribution in [0, 0.1) is 5.92 Å². The van der Waals surface area contributed by atoms with Crippen molar-refractivity contribution >= 4 is 29.0 Å². The number of thiophene rings is 1. The number of carbonyl (C=O) groups is 2. The normalized spacial score (nSPS) is 23.1. The maximum absolute atomic E-state index is 12.9. The second-order valence-corrected chi connectivity index (χ2v) is 9.37. The van der Waals surface area contributed by atoms with Crippen molar-refractivity contribution in [2.45, 2.75) is 37.7 Å². The van der Waals surface area contributed by atoms with E-state index in [1.165, 1.54) is 10.4 Å². The lowest BCUT2D eigenvalue weighted by molar-refractivity contribution is -0.147. The SMILES string of the molecule is Nc1cnc(-c2cc3c(s2)CCOC32CCN(C(=O)C3CCNC(=O)C3)CC2)cn1. The van der Waals surface area contributed by atoms with E-state index in [0.29, 0.717) is 38.5 Å². The van der Waals surface area contributed by atoms with Crippen molar-refractivity contribution in [2.24, 2.45) is 5.92 Å². The molecule has 1 atom stereocenters. The molecule has 1 spiro atoms. The summed E-state index contributed by atoms with van der Waals surface area (Å²) in [5, 5.41) is 2.80. The van der Waals surface area contributed by atoms with Crippen LogP contribution in [0.4, 0.5) is 5.82 Å². The smallest absolute Gasteiger partial charge is 0.226 e. The number of hydrogen-bond donors (Lipinski definition) is 2. The molecule has 5 rings (SSSR count). The van der Waals surface area contributed by atoms with Gasteiger partial charge in [0.2, 0.25) is 11.8 Å².